The molecule has 2 aliphatic heterocycles. The van der Waals surface area contributed by atoms with E-state index in [1.165, 1.54) is 0 Å². The molecule has 0 amide bonds. The number of carbonyl (C=O) groups excluding carboxylic acids is 1. The molecule has 0 N–H and O–H groups in total. The van der Waals surface area contributed by atoms with Crippen molar-refractivity contribution >= 4 is 22.6 Å². The van der Waals surface area contributed by atoms with E-state index in [9.17, 15) is 4.79 Å². The SMILES string of the molecule is COc1ccc(CO[C@@H]2[C@@H](C)[C@H]([C@H](OCc3ccc(OC)cc3)[C@@]3(OC)C[C@H](O[Si](C)(C)C(C)(C)C)[C@@H](C)[C@@H](CCCCOC(=O)C(C)(C)C)O3)O[C@H](CO[Si](C(C)C)(C(C)C)C(C)C)[C@H]2OCc2ccc(OC)cc2)cc1. The fraction of sp³-hybridized carbons (Fsp3) is 0.698. The molecular formula is C63H102O13Si2. The molecule has 15 heteroatoms. The van der Waals surface area contributed by atoms with Crippen LogP contribution in [0.25, 0.3) is 0 Å². The van der Waals surface area contributed by atoms with Crippen molar-refractivity contribution in [2.24, 2.45) is 17.3 Å². The summed E-state index contributed by atoms with van der Waals surface area (Å²) < 4.78 is 81.6. The van der Waals surface area contributed by atoms with Gasteiger partial charge in [0.05, 0.1) is 84.2 Å². The third-order valence-electron chi connectivity index (χ3n) is 17.1. The summed E-state index contributed by atoms with van der Waals surface area (Å²) in [5, 5.41) is -0.0680. The van der Waals surface area contributed by atoms with Gasteiger partial charge in [-0.25, -0.2) is 0 Å². The van der Waals surface area contributed by atoms with Crippen LogP contribution in [-0.4, -0.2) is 113 Å². The smallest absolute Gasteiger partial charge is 0.311 e. The quantitative estimate of drug-likeness (QED) is 0.0389. The first kappa shape index (κ1) is 65.5. The van der Waals surface area contributed by atoms with Crippen LogP contribution in [0.3, 0.4) is 0 Å². The first-order chi connectivity index (χ1) is 36.7. The van der Waals surface area contributed by atoms with Gasteiger partial charge in [0.1, 0.15) is 35.6 Å². The Morgan fingerprint density at radius 3 is 1.56 bits per heavy atom. The van der Waals surface area contributed by atoms with Crippen LogP contribution >= 0.6 is 0 Å². The maximum absolute atomic E-state index is 12.8. The van der Waals surface area contributed by atoms with Gasteiger partial charge in [0.25, 0.3) is 0 Å². The molecule has 10 atom stereocenters. The number of methoxy groups -OCH3 is 4. The largest absolute Gasteiger partial charge is 0.497 e. The van der Waals surface area contributed by atoms with Crippen molar-refractivity contribution in [3.8, 4) is 17.2 Å². The highest BCUT2D eigenvalue weighted by Crippen LogP contribution is 2.49. The highest BCUT2D eigenvalue weighted by molar-refractivity contribution is 6.77. The number of hydrogen-bond donors (Lipinski definition) is 0. The van der Waals surface area contributed by atoms with E-state index in [2.05, 4.69) is 89.3 Å². The Morgan fingerprint density at radius 1 is 0.654 bits per heavy atom. The van der Waals surface area contributed by atoms with Gasteiger partial charge in [0, 0.05) is 25.4 Å². The molecule has 2 fully saturated rings. The summed E-state index contributed by atoms with van der Waals surface area (Å²) in [6, 6.07) is 23.9. The average molecular weight is 1120 g/mol. The van der Waals surface area contributed by atoms with Gasteiger partial charge < -0.3 is 56.2 Å². The standard InChI is InChI=1S/C63H102O13Si2/c1-42(2)78(43(3)4,44(5)6)73-41-55-58(71-39-48-26-32-51(66-16)33-27-48)56(70-38-47-24-30-50(65-15)31-25-47)46(8)57(74-55)59(72-40-49-28-34-52(67-17)35-29-49)63(68-18)37-54(76-77(19,20)62(12,13)14)45(7)53(75-63)23-21-22-36-69-60(64)61(9,10)11/h24-35,42-46,53-59H,21-23,36-41H2,1-20H3/t45-,46+,53+,54-,55+,56+,57+,58+,59-,63+/m0/s1. The van der Waals surface area contributed by atoms with Crippen molar-refractivity contribution in [3.05, 3.63) is 89.5 Å². The molecule has 2 saturated heterocycles. The lowest BCUT2D eigenvalue weighted by Crippen LogP contribution is -2.68. The molecule has 2 heterocycles. The highest BCUT2D eigenvalue weighted by atomic mass is 28.4. The Labute approximate surface area is 472 Å². The van der Waals surface area contributed by atoms with Crippen LogP contribution in [0.4, 0.5) is 0 Å². The molecule has 0 saturated carbocycles. The van der Waals surface area contributed by atoms with Crippen molar-refractivity contribution in [2.45, 2.75) is 226 Å². The third-order valence-corrected chi connectivity index (χ3v) is 27.7. The van der Waals surface area contributed by atoms with Gasteiger partial charge in [-0.3, -0.25) is 4.79 Å². The Balaban J connectivity index is 1.69. The van der Waals surface area contributed by atoms with Gasteiger partial charge in [0.2, 0.25) is 0 Å². The maximum Gasteiger partial charge on any atom is 0.311 e. The molecule has 2 aliphatic rings. The molecule has 3 aromatic carbocycles. The molecule has 78 heavy (non-hydrogen) atoms. The molecule has 0 bridgehead atoms. The highest BCUT2D eigenvalue weighted by Gasteiger charge is 2.60. The number of hydrogen-bond acceptors (Lipinski definition) is 13. The van der Waals surface area contributed by atoms with Gasteiger partial charge in [-0.2, -0.15) is 0 Å². The van der Waals surface area contributed by atoms with Crippen molar-refractivity contribution in [1.29, 1.82) is 0 Å². The van der Waals surface area contributed by atoms with Crippen LogP contribution in [0.2, 0.25) is 34.8 Å². The lowest BCUT2D eigenvalue weighted by Gasteiger charge is -2.56. The van der Waals surface area contributed by atoms with Gasteiger partial charge in [0.15, 0.2) is 22.4 Å². The average Bonchev–Trinajstić information content (AvgIpc) is 3.40. The molecule has 5 rings (SSSR count). The van der Waals surface area contributed by atoms with E-state index in [0.29, 0.717) is 55.7 Å². The zero-order chi connectivity index (χ0) is 57.8. The number of ether oxygens (including phenoxy) is 10. The zero-order valence-corrected chi connectivity index (χ0v) is 53.5. The minimum Gasteiger partial charge on any atom is -0.497 e. The van der Waals surface area contributed by atoms with Gasteiger partial charge in [-0.1, -0.05) is 113 Å². The summed E-state index contributed by atoms with van der Waals surface area (Å²) in [5.74, 6) is 0.351. The van der Waals surface area contributed by atoms with Crippen LogP contribution in [0.1, 0.15) is 139 Å². The minimum atomic E-state index is -2.46. The van der Waals surface area contributed by atoms with Crippen LogP contribution < -0.4 is 14.2 Å². The van der Waals surface area contributed by atoms with Crippen molar-refractivity contribution in [2.75, 3.05) is 41.7 Å². The molecule has 0 aromatic heterocycles. The van der Waals surface area contributed by atoms with Gasteiger partial charge in [-0.05, 0) is 128 Å². The van der Waals surface area contributed by atoms with Gasteiger partial charge in [-0.15, -0.1) is 0 Å². The maximum atomic E-state index is 12.8. The molecule has 0 spiro atoms. The normalized spacial score (nSPS) is 24.9. The second-order valence-electron chi connectivity index (χ2n) is 25.5. The molecule has 3 aromatic rings. The molecule has 13 nitrogen and oxygen atoms in total. The lowest BCUT2D eigenvalue weighted by atomic mass is 9.78. The first-order valence-electron chi connectivity index (χ1n) is 28.8. The summed E-state index contributed by atoms with van der Waals surface area (Å²) in [6.45, 7) is 36.8. The summed E-state index contributed by atoms with van der Waals surface area (Å²) in [7, 11) is 1.90. The second-order valence-corrected chi connectivity index (χ2v) is 35.7. The van der Waals surface area contributed by atoms with Crippen LogP contribution in [-0.2, 0) is 66.6 Å². The number of unbranched alkanes of at least 4 members (excludes halogenated alkanes) is 1. The van der Waals surface area contributed by atoms with E-state index < -0.39 is 58.4 Å². The Kier molecular flexibility index (Phi) is 24.0. The fourth-order valence-electron chi connectivity index (χ4n) is 11.4. The lowest BCUT2D eigenvalue weighted by molar-refractivity contribution is -0.368. The van der Waals surface area contributed by atoms with E-state index in [0.717, 1.165) is 40.4 Å². The molecule has 0 unspecified atom stereocenters. The zero-order valence-electron chi connectivity index (χ0n) is 51.5. The summed E-state index contributed by atoms with van der Waals surface area (Å²) >= 11 is 0. The molecule has 440 valence electrons. The summed E-state index contributed by atoms with van der Waals surface area (Å²) in [5.41, 5.74) is 3.33. The summed E-state index contributed by atoms with van der Waals surface area (Å²) in [4.78, 5) is 12.8. The number of carbonyl (C=O) groups is 1. The topological polar surface area (TPSA) is 128 Å². The molecule has 0 aliphatic carbocycles. The van der Waals surface area contributed by atoms with Crippen molar-refractivity contribution in [3.63, 3.8) is 0 Å². The molecular weight excluding hydrogens is 1020 g/mol. The second kappa shape index (κ2) is 28.6. The number of rotatable bonds is 28. The van der Waals surface area contributed by atoms with Crippen molar-refractivity contribution < 1.29 is 61.0 Å². The Hall–Kier alpha value is -3.36. The van der Waals surface area contributed by atoms with E-state index in [-0.39, 0.29) is 48.3 Å². The predicted molar refractivity (Wildman–Crippen MR) is 314 cm³/mol. The van der Waals surface area contributed by atoms with E-state index >= 15 is 0 Å². The van der Waals surface area contributed by atoms with Crippen LogP contribution in [0.5, 0.6) is 17.2 Å². The van der Waals surface area contributed by atoms with Gasteiger partial charge >= 0.3 is 5.97 Å². The van der Waals surface area contributed by atoms with E-state index in [4.69, 9.17) is 56.2 Å². The fourth-order valence-corrected chi connectivity index (χ4v) is 18.2. The van der Waals surface area contributed by atoms with Crippen molar-refractivity contribution in [1.82, 2.24) is 0 Å². The third kappa shape index (κ3) is 16.4. The predicted octanol–water partition coefficient (Wildman–Crippen LogP) is 14.3. The first-order valence-corrected chi connectivity index (χ1v) is 33.8. The van der Waals surface area contributed by atoms with E-state index in [1.54, 1.807) is 28.4 Å². The summed E-state index contributed by atoms with van der Waals surface area (Å²) in [6.07, 6.45) is -1.27. The molecule has 0 radical (unpaired) electrons. The number of benzene rings is 3. The van der Waals surface area contributed by atoms with E-state index in [1.807, 2.05) is 93.6 Å². The van der Waals surface area contributed by atoms with Crippen LogP contribution in [0, 0.1) is 17.3 Å². The monoisotopic (exact) mass is 1120 g/mol. The minimum absolute atomic E-state index is 0.00916. The Morgan fingerprint density at radius 2 is 1.13 bits per heavy atom. The number of esters is 1. The Bertz CT molecular complexity index is 2220. The van der Waals surface area contributed by atoms with Crippen LogP contribution in [0.15, 0.2) is 72.8 Å².